The van der Waals surface area contributed by atoms with Gasteiger partial charge < -0.3 is 14.2 Å². The summed E-state index contributed by atoms with van der Waals surface area (Å²) >= 11 is 0. The Balaban J connectivity index is 1.78. The molecule has 0 spiro atoms. The van der Waals surface area contributed by atoms with Gasteiger partial charge in [0.25, 0.3) is 0 Å². The Morgan fingerprint density at radius 3 is 2.26 bits per heavy atom. The predicted molar refractivity (Wildman–Crippen MR) is 74.2 cm³/mol. The van der Waals surface area contributed by atoms with Gasteiger partial charge in [0.1, 0.15) is 0 Å². The second kappa shape index (κ2) is 6.45. The summed E-state index contributed by atoms with van der Waals surface area (Å²) in [5.74, 6) is -2.30. The van der Waals surface area contributed by atoms with Crippen molar-refractivity contribution in [3.8, 4) is 17.2 Å². The van der Waals surface area contributed by atoms with E-state index in [4.69, 9.17) is 9.47 Å². The first-order chi connectivity index (χ1) is 10.9. The fourth-order valence-corrected chi connectivity index (χ4v) is 2.69. The van der Waals surface area contributed by atoms with Crippen LogP contribution < -0.4 is 14.2 Å². The highest BCUT2D eigenvalue weighted by Crippen LogP contribution is 2.41. The van der Waals surface area contributed by atoms with Crippen molar-refractivity contribution in [2.24, 2.45) is 5.92 Å². The van der Waals surface area contributed by atoms with Gasteiger partial charge in [-0.25, -0.2) is 0 Å². The van der Waals surface area contributed by atoms with Crippen LogP contribution in [0.2, 0.25) is 0 Å². The molecule has 7 heteroatoms. The number of benzene rings is 1. The molecule has 2 aliphatic rings. The van der Waals surface area contributed by atoms with Crippen molar-refractivity contribution in [2.75, 3.05) is 6.61 Å². The highest BCUT2D eigenvalue weighted by molar-refractivity contribution is 5.47. The molecule has 1 aromatic carbocycles. The lowest BCUT2D eigenvalue weighted by atomic mass is 10.1. The molecule has 2 aliphatic carbocycles. The summed E-state index contributed by atoms with van der Waals surface area (Å²) in [5, 5.41) is 0. The summed E-state index contributed by atoms with van der Waals surface area (Å²) in [6.45, 7) is 0.260. The molecule has 2 fully saturated rings. The van der Waals surface area contributed by atoms with Crippen molar-refractivity contribution >= 4 is 0 Å². The minimum Gasteiger partial charge on any atom is -0.489 e. The van der Waals surface area contributed by atoms with E-state index in [9.17, 15) is 17.6 Å². The Morgan fingerprint density at radius 2 is 1.65 bits per heavy atom. The van der Waals surface area contributed by atoms with Crippen LogP contribution >= 0.6 is 0 Å². The molecule has 128 valence electrons. The molecule has 2 saturated carbocycles. The predicted octanol–water partition coefficient (Wildman–Crippen LogP) is 4.83. The molecule has 23 heavy (non-hydrogen) atoms. The zero-order chi connectivity index (χ0) is 16.4. The zero-order valence-corrected chi connectivity index (χ0v) is 12.5. The fraction of sp³-hybridized carbons (Fsp3) is 0.625. The smallest absolute Gasteiger partial charge is 0.489 e. The number of hydrogen-bond acceptors (Lipinski definition) is 3. The van der Waals surface area contributed by atoms with E-state index in [2.05, 4.69) is 4.74 Å². The third kappa shape index (κ3) is 4.42. The van der Waals surface area contributed by atoms with Crippen LogP contribution in [0.4, 0.5) is 17.6 Å². The monoisotopic (exact) mass is 334 g/mol. The molecular formula is C16H18F4O3. The second-order valence-electron chi connectivity index (χ2n) is 6.03. The number of ether oxygens (including phenoxy) is 3. The number of rotatable bonds is 6. The van der Waals surface area contributed by atoms with E-state index in [1.807, 2.05) is 0 Å². The SMILES string of the molecule is Fc1c(OC2CC2)ccc(OCC2CCCC2)c1OC(F)(F)F. The average Bonchev–Trinajstić information content (AvgIpc) is 3.13. The maximum Gasteiger partial charge on any atom is 0.573 e. The van der Waals surface area contributed by atoms with E-state index in [1.54, 1.807) is 0 Å². The number of halogens is 4. The maximum atomic E-state index is 14.3. The van der Waals surface area contributed by atoms with Crippen LogP contribution in [-0.2, 0) is 0 Å². The van der Waals surface area contributed by atoms with Gasteiger partial charge in [-0.3, -0.25) is 0 Å². The Morgan fingerprint density at radius 1 is 1.00 bits per heavy atom. The van der Waals surface area contributed by atoms with E-state index >= 15 is 0 Å². The topological polar surface area (TPSA) is 27.7 Å². The summed E-state index contributed by atoms with van der Waals surface area (Å²) in [7, 11) is 0. The molecule has 0 bridgehead atoms. The Bertz CT molecular complexity index is 549. The van der Waals surface area contributed by atoms with Gasteiger partial charge in [0, 0.05) is 0 Å². The van der Waals surface area contributed by atoms with Gasteiger partial charge in [-0.05, 0) is 43.7 Å². The average molecular weight is 334 g/mol. The molecule has 0 unspecified atom stereocenters. The third-order valence-electron chi connectivity index (χ3n) is 4.01. The molecular weight excluding hydrogens is 316 g/mol. The summed E-state index contributed by atoms with van der Waals surface area (Å²) in [5.41, 5.74) is 0. The third-order valence-corrected chi connectivity index (χ3v) is 4.01. The lowest BCUT2D eigenvalue weighted by Gasteiger charge is -2.18. The van der Waals surface area contributed by atoms with Crippen molar-refractivity contribution in [3.63, 3.8) is 0 Å². The van der Waals surface area contributed by atoms with Gasteiger partial charge in [0.05, 0.1) is 12.7 Å². The minimum absolute atomic E-state index is 0.131. The lowest BCUT2D eigenvalue weighted by Crippen LogP contribution is -2.19. The van der Waals surface area contributed by atoms with Crippen molar-refractivity contribution in [3.05, 3.63) is 17.9 Å². The van der Waals surface area contributed by atoms with Gasteiger partial charge in [-0.2, -0.15) is 4.39 Å². The summed E-state index contributed by atoms with van der Waals surface area (Å²) in [6.07, 6.45) is 0.536. The summed E-state index contributed by atoms with van der Waals surface area (Å²) in [4.78, 5) is 0. The number of hydrogen-bond donors (Lipinski definition) is 0. The van der Waals surface area contributed by atoms with Crippen LogP contribution in [0, 0.1) is 11.7 Å². The largest absolute Gasteiger partial charge is 0.573 e. The van der Waals surface area contributed by atoms with Crippen molar-refractivity contribution in [1.29, 1.82) is 0 Å². The van der Waals surface area contributed by atoms with E-state index in [-0.39, 0.29) is 24.2 Å². The van der Waals surface area contributed by atoms with Gasteiger partial charge in [0.15, 0.2) is 11.5 Å². The first-order valence-electron chi connectivity index (χ1n) is 7.80. The quantitative estimate of drug-likeness (QED) is 0.697. The first-order valence-corrected chi connectivity index (χ1v) is 7.80. The molecule has 0 heterocycles. The minimum atomic E-state index is -5.00. The molecule has 0 aromatic heterocycles. The molecule has 0 radical (unpaired) electrons. The fourth-order valence-electron chi connectivity index (χ4n) is 2.69. The molecule has 0 N–H and O–H groups in total. The van der Waals surface area contributed by atoms with Gasteiger partial charge in [0.2, 0.25) is 11.6 Å². The van der Waals surface area contributed by atoms with Crippen LogP contribution in [0.5, 0.6) is 17.2 Å². The van der Waals surface area contributed by atoms with Gasteiger partial charge in [-0.15, -0.1) is 13.2 Å². The standard InChI is InChI=1S/C16H18F4O3/c17-14-12(22-11-5-6-11)7-8-13(15(14)23-16(18,19)20)21-9-10-3-1-2-4-10/h7-8,10-11H,1-6,9H2. The molecule has 0 aliphatic heterocycles. The Hall–Kier alpha value is -1.66. The second-order valence-corrected chi connectivity index (χ2v) is 6.03. The van der Waals surface area contributed by atoms with Crippen molar-refractivity contribution < 1.29 is 31.8 Å². The maximum absolute atomic E-state index is 14.3. The molecule has 0 amide bonds. The van der Waals surface area contributed by atoms with E-state index < -0.39 is 17.9 Å². The molecule has 0 saturated heterocycles. The number of alkyl halides is 3. The summed E-state index contributed by atoms with van der Waals surface area (Å²) in [6, 6.07) is 2.57. The van der Waals surface area contributed by atoms with Gasteiger partial charge >= 0.3 is 6.36 Å². The molecule has 1 aromatic rings. The van der Waals surface area contributed by atoms with Crippen LogP contribution in [0.15, 0.2) is 12.1 Å². The lowest BCUT2D eigenvalue weighted by molar-refractivity contribution is -0.276. The van der Waals surface area contributed by atoms with E-state index in [0.29, 0.717) is 5.92 Å². The highest BCUT2D eigenvalue weighted by Gasteiger charge is 2.36. The highest BCUT2D eigenvalue weighted by atomic mass is 19.4. The van der Waals surface area contributed by atoms with Crippen LogP contribution in [-0.4, -0.2) is 19.1 Å². The Labute approximate surface area is 131 Å². The van der Waals surface area contributed by atoms with Crippen LogP contribution in [0.3, 0.4) is 0 Å². The van der Waals surface area contributed by atoms with E-state index in [1.165, 1.54) is 12.1 Å². The first kappa shape index (κ1) is 16.2. The van der Waals surface area contributed by atoms with Gasteiger partial charge in [-0.1, -0.05) is 12.8 Å². The zero-order valence-electron chi connectivity index (χ0n) is 12.5. The van der Waals surface area contributed by atoms with Crippen molar-refractivity contribution in [1.82, 2.24) is 0 Å². The van der Waals surface area contributed by atoms with E-state index in [0.717, 1.165) is 38.5 Å². The normalized spacial score (nSPS) is 19.0. The molecule has 3 rings (SSSR count). The van der Waals surface area contributed by atoms with Crippen molar-refractivity contribution in [2.45, 2.75) is 51.0 Å². The van der Waals surface area contributed by atoms with Crippen LogP contribution in [0.25, 0.3) is 0 Å². The molecule has 3 nitrogen and oxygen atoms in total. The summed E-state index contributed by atoms with van der Waals surface area (Å²) < 4.78 is 66.5. The molecule has 0 atom stereocenters. The van der Waals surface area contributed by atoms with Crippen LogP contribution in [0.1, 0.15) is 38.5 Å². The Kier molecular flexibility index (Phi) is 4.55.